The monoisotopic (exact) mass is 350 g/mol. The molecule has 2 aromatic heterocycles. The highest BCUT2D eigenvalue weighted by molar-refractivity contribution is 7.20. The highest BCUT2D eigenvalue weighted by Crippen LogP contribution is 2.35. The maximum atomic E-state index is 11.1. The second kappa shape index (κ2) is 6.96. The molecule has 2 aromatic carbocycles. The molecule has 25 heavy (non-hydrogen) atoms. The molecule has 0 saturated carbocycles. The van der Waals surface area contributed by atoms with Crippen molar-refractivity contribution >= 4 is 44.3 Å². The van der Waals surface area contributed by atoms with Crippen molar-refractivity contribution in [3.05, 3.63) is 53.0 Å². The van der Waals surface area contributed by atoms with Crippen LogP contribution in [0.2, 0.25) is 0 Å². The van der Waals surface area contributed by atoms with E-state index in [9.17, 15) is 4.79 Å². The summed E-state index contributed by atoms with van der Waals surface area (Å²) in [5.41, 5.74) is 12.8. The quantitative estimate of drug-likeness (QED) is 0.536. The van der Waals surface area contributed by atoms with Crippen molar-refractivity contribution in [2.75, 3.05) is 12.8 Å². The van der Waals surface area contributed by atoms with Crippen LogP contribution >= 0.6 is 11.3 Å². The van der Waals surface area contributed by atoms with Gasteiger partial charge in [0.25, 0.3) is 0 Å². The largest absolute Gasteiger partial charge is 0.397 e. The Labute approximate surface area is 149 Å². The number of nitrogens with two attached hydrogens (primary N) is 2. The molecule has 6 heteroatoms. The molecule has 5 nitrogen and oxygen atoms in total. The van der Waals surface area contributed by atoms with Crippen LogP contribution in [-0.2, 0) is 0 Å². The Morgan fingerprint density at radius 3 is 2.52 bits per heavy atom. The molecule has 4 rings (SSSR count). The SMILES string of the molecule is CN.Cc1nc(-c2cccc3ccccc23)nc2sc(C=O)c(N)c12. The number of fused-ring (bicyclic) bond motifs is 2. The van der Waals surface area contributed by atoms with Crippen molar-refractivity contribution in [2.24, 2.45) is 5.73 Å². The molecule has 4 N–H and O–H groups in total. The summed E-state index contributed by atoms with van der Waals surface area (Å²) in [6, 6.07) is 14.2. The number of anilines is 1. The average Bonchev–Trinajstić information content (AvgIpc) is 2.99. The molecule has 0 atom stereocenters. The van der Waals surface area contributed by atoms with E-state index in [4.69, 9.17) is 5.73 Å². The van der Waals surface area contributed by atoms with E-state index >= 15 is 0 Å². The fourth-order valence-electron chi connectivity index (χ4n) is 2.84. The van der Waals surface area contributed by atoms with E-state index in [1.165, 1.54) is 18.4 Å². The number of benzene rings is 2. The van der Waals surface area contributed by atoms with Crippen molar-refractivity contribution in [1.82, 2.24) is 9.97 Å². The van der Waals surface area contributed by atoms with Crippen molar-refractivity contribution in [1.29, 1.82) is 0 Å². The number of nitrogens with zero attached hydrogens (tertiary/aromatic N) is 2. The van der Waals surface area contributed by atoms with E-state index in [2.05, 4.69) is 33.9 Å². The molecule has 0 fully saturated rings. The van der Waals surface area contributed by atoms with Crippen molar-refractivity contribution in [3.63, 3.8) is 0 Å². The molecule has 4 aromatic rings. The van der Waals surface area contributed by atoms with Gasteiger partial charge in [-0.1, -0.05) is 42.5 Å². The summed E-state index contributed by atoms with van der Waals surface area (Å²) < 4.78 is 0. The first kappa shape index (κ1) is 17.0. The van der Waals surface area contributed by atoms with E-state index in [0.717, 1.165) is 38.5 Å². The lowest BCUT2D eigenvalue weighted by atomic mass is 10.0. The van der Waals surface area contributed by atoms with Crippen LogP contribution in [0, 0.1) is 6.92 Å². The van der Waals surface area contributed by atoms with E-state index in [-0.39, 0.29) is 0 Å². The predicted octanol–water partition coefficient (Wildman–Crippen LogP) is 3.79. The number of carbonyl (C=O) groups is 1. The zero-order valence-electron chi connectivity index (χ0n) is 14.0. The van der Waals surface area contributed by atoms with Crippen LogP contribution in [0.5, 0.6) is 0 Å². The van der Waals surface area contributed by atoms with Crippen molar-refractivity contribution < 1.29 is 4.79 Å². The van der Waals surface area contributed by atoms with Crippen LogP contribution in [0.25, 0.3) is 32.4 Å². The van der Waals surface area contributed by atoms with Crippen molar-refractivity contribution in [2.45, 2.75) is 6.92 Å². The van der Waals surface area contributed by atoms with Gasteiger partial charge in [0.05, 0.1) is 21.6 Å². The maximum Gasteiger partial charge on any atom is 0.162 e. The second-order valence-electron chi connectivity index (χ2n) is 5.34. The molecule has 0 aliphatic carbocycles. The summed E-state index contributed by atoms with van der Waals surface area (Å²) in [6.07, 6.45) is 0.776. The number of aldehydes is 1. The third-order valence-corrected chi connectivity index (χ3v) is 4.96. The fraction of sp³-hybridized carbons (Fsp3) is 0.105. The van der Waals surface area contributed by atoms with Gasteiger partial charge < -0.3 is 11.5 Å². The smallest absolute Gasteiger partial charge is 0.162 e. The lowest BCUT2D eigenvalue weighted by Gasteiger charge is -2.07. The number of rotatable bonds is 2. The first-order chi connectivity index (χ1) is 12.2. The number of hydrogen-bond acceptors (Lipinski definition) is 6. The Bertz CT molecular complexity index is 1070. The van der Waals surface area contributed by atoms with Gasteiger partial charge in [0.1, 0.15) is 4.83 Å². The average molecular weight is 350 g/mol. The molecular weight excluding hydrogens is 332 g/mol. The van der Waals surface area contributed by atoms with Crippen LogP contribution in [0.4, 0.5) is 5.69 Å². The third-order valence-electron chi connectivity index (χ3n) is 3.94. The Kier molecular flexibility index (Phi) is 4.74. The summed E-state index contributed by atoms with van der Waals surface area (Å²) in [6.45, 7) is 1.90. The van der Waals surface area contributed by atoms with Crippen LogP contribution in [0.15, 0.2) is 42.5 Å². The first-order valence-electron chi connectivity index (χ1n) is 7.76. The van der Waals surface area contributed by atoms with Crippen LogP contribution in [-0.4, -0.2) is 23.3 Å². The van der Waals surface area contributed by atoms with Gasteiger partial charge in [-0.05, 0) is 24.7 Å². The molecule has 0 unspecified atom stereocenters. The van der Waals surface area contributed by atoms with Gasteiger partial charge in [-0.2, -0.15) is 0 Å². The van der Waals surface area contributed by atoms with Gasteiger partial charge in [0, 0.05) is 5.56 Å². The van der Waals surface area contributed by atoms with Crippen LogP contribution in [0.3, 0.4) is 0 Å². The molecule has 0 spiro atoms. The highest BCUT2D eigenvalue weighted by Gasteiger charge is 2.16. The number of thiophene rings is 1. The van der Waals surface area contributed by atoms with E-state index in [1.807, 2.05) is 31.2 Å². The Morgan fingerprint density at radius 2 is 1.76 bits per heavy atom. The standard InChI is InChI=1S/C18H13N3OS.CH5N/c1-10-15-16(19)14(9-22)23-18(15)21-17(20-10)13-8-4-6-11-5-2-3-7-12(11)13;1-2/h2-9H,19H2,1H3;2H2,1H3. The second-order valence-corrected chi connectivity index (χ2v) is 6.37. The molecule has 0 saturated heterocycles. The molecule has 126 valence electrons. The minimum atomic E-state index is 0.474. The van der Waals surface area contributed by atoms with Crippen LogP contribution < -0.4 is 11.5 Å². The molecule has 2 heterocycles. The lowest BCUT2D eigenvalue weighted by Crippen LogP contribution is -1.95. The summed E-state index contributed by atoms with van der Waals surface area (Å²) in [4.78, 5) is 21.7. The Morgan fingerprint density at radius 1 is 1.04 bits per heavy atom. The number of aromatic nitrogens is 2. The van der Waals surface area contributed by atoms with E-state index in [1.54, 1.807) is 0 Å². The minimum Gasteiger partial charge on any atom is -0.397 e. The summed E-state index contributed by atoms with van der Waals surface area (Å²) in [5.74, 6) is 0.658. The molecule has 0 aliphatic rings. The zero-order valence-corrected chi connectivity index (χ0v) is 14.8. The molecule has 0 radical (unpaired) electrons. The van der Waals surface area contributed by atoms with Crippen molar-refractivity contribution in [3.8, 4) is 11.4 Å². The third kappa shape index (κ3) is 2.86. The molecule has 0 bridgehead atoms. The topological polar surface area (TPSA) is 94.9 Å². The van der Waals surface area contributed by atoms with Gasteiger partial charge in [0.2, 0.25) is 0 Å². The highest BCUT2D eigenvalue weighted by atomic mass is 32.1. The normalized spacial score (nSPS) is 10.5. The fourth-order valence-corrected chi connectivity index (χ4v) is 3.80. The number of nitrogen functional groups attached to an aromatic ring is 1. The number of hydrogen-bond donors (Lipinski definition) is 2. The van der Waals surface area contributed by atoms with Gasteiger partial charge in [-0.25, -0.2) is 9.97 Å². The predicted molar refractivity (Wildman–Crippen MR) is 105 cm³/mol. The maximum absolute atomic E-state index is 11.1. The first-order valence-corrected chi connectivity index (χ1v) is 8.58. The zero-order chi connectivity index (χ0) is 18.0. The summed E-state index contributed by atoms with van der Waals surface area (Å²) >= 11 is 1.31. The summed E-state index contributed by atoms with van der Waals surface area (Å²) in [7, 11) is 1.50. The van der Waals surface area contributed by atoms with Gasteiger partial charge in [-0.15, -0.1) is 11.3 Å². The van der Waals surface area contributed by atoms with Crippen LogP contribution in [0.1, 0.15) is 15.4 Å². The summed E-state index contributed by atoms with van der Waals surface area (Å²) in [5, 5.41) is 3.03. The van der Waals surface area contributed by atoms with Gasteiger partial charge >= 0.3 is 0 Å². The lowest BCUT2D eigenvalue weighted by molar-refractivity contribution is 0.112. The minimum absolute atomic E-state index is 0.474. The van der Waals surface area contributed by atoms with E-state index in [0.29, 0.717) is 16.4 Å². The number of carbonyl (C=O) groups excluding carboxylic acids is 1. The van der Waals surface area contributed by atoms with Gasteiger partial charge in [-0.3, -0.25) is 4.79 Å². The Balaban J connectivity index is 0.000000880. The number of aryl methyl sites for hydroxylation is 1. The molecule has 0 amide bonds. The molecule has 0 aliphatic heterocycles. The van der Waals surface area contributed by atoms with Gasteiger partial charge in [0.15, 0.2) is 12.1 Å². The molecular formula is C19H18N4OS. The van der Waals surface area contributed by atoms with E-state index < -0.39 is 0 Å². The Hall–Kier alpha value is -2.83.